The SMILES string of the molecule is CC(=O)NCc1cn(C2CCC2S)nn1. The van der Waals surface area contributed by atoms with Crippen molar-refractivity contribution in [1.29, 1.82) is 0 Å². The average molecular weight is 226 g/mol. The average Bonchev–Trinajstić information content (AvgIpc) is 2.61. The Morgan fingerprint density at radius 3 is 3.07 bits per heavy atom. The van der Waals surface area contributed by atoms with Gasteiger partial charge >= 0.3 is 0 Å². The van der Waals surface area contributed by atoms with Crippen molar-refractivity contribution < 1.29 is 4.79 Å². The Bertz CT molecular complexity index is 365. The van der Waals surface area contributed by atoms with Crippen LogP contribution in [0.1, 0.15) is 31.5 Å². The van der Waals surface area contributed by atoms with Crippen molar-refractivity contribution in [2.75, 3.05) is 0 Å². The second-order valence-electron chi connectivity index (χ2n) is 3.81. The summed E-state index contributed by atoms with van der Waals surface area (Å²) in [5, 5.41) is 11.1. The van der Waals surface area contributed by atoms with Gasteiger partial charge in [-0.05, 0) is 12.8 Å². The number of carbonyl (C=O) groups excluding carboxylic acids is 1. The lowest BCUT2D eigenvalue weighted by Crippen LogP contribution is -2.30. The molecular weight excluding hydrogens is 212 g/mol. The predicted octanol–water partition coefficient (Wildman–Crippen LogP) is 0.547. The van der Waals surface area contributed by atoms with E-state index in [2.05, 4.69) is 28.3 Å². The minimum absolute atomic E-state index is 0.0553. The molecule has 1 heterocycles. The number of hydrogen-bond donors (Lipinski definition) is 2. The van der Waals surface area contributed by atoms with Crippen LogP contribution in [0.2, 0.25) is 0 Å². The number of amides is 1. The third kappa shape index (κ3) is 2.31. The molecule has 0 aromatic carbocycles. The highest BCUT2D eigenvalue weighted by Gasteiger charge is 2.30. The molecule has 1 aromatic rings. The summed E-state index contributed by atoms with van der Waals surface area (Å²) in [5.41, 5.74) is 0.789. The van der Waals surface area contributed by atoms with Crippen LogP contribution in [0.25, 0.3) is 0 Å². The van der Waals surface area contributed by atoms with E-state index in [1.807, 2.05) is 10.9 Å². The molecule has 6 heteroatoms. The standard InChI is InChI=1S/C9H14N4OS/c1-6(14)10-4-7-5-13(12-11-7)8-2-3-9(8)15/h5,8-9,15H,2-4H2,1H3,(H,10,14). The van der Waals surface area contributed by atoms with Crippen LogP contribution in [-0.2, 0) is 11.3 Å². The van der Waals surface area contributed by atoms with Crippen molar-refractivity contribution in [3.8, 4) is 0 Å². The monoisotopic (exact) mass is 226 g/mol. The van der Waals surface area contributed by atoms with Crippen LogP contribution >= 0.6 is 12.6 Å². The van der Waals surface area contributed by atoms with Crippen molar-refractivity contribution in [3.63, 3.8) is 0 Å². The molecule has 1 saturated carbocycles. The van der Waals surface area contributed by atoms with Crippen LogP contribution in [-0.4, -0.2) is 26.2 Å². The van der Waals surface area contributed by atoms with Crippen LogP contribution in [0.15, 0.2) is 6.20 Å². The van der Waals surface area contributed by atoms with E-state index in [1.165, 1.54) is 6.92 Å². The Morgan fingerprint density at radius 2 is 2.53 bits per heavy atom. The molecule has 0 radical (unpaired) electrons. The number of aromatic nitrogens is 3. The highest BCUT2D eigenvalue weighted by molar-refractivity contribution is 7.81. The Balaban J connectivity index is 1.95. The summed E-state index contributed by atoms with van der Waals surface area (Å²) in [6, 6.07) is 0.368. The van der Waals surface area contributed by atoms with Crippen LogP contribution in [0.3, 0.4) is 0 Å². The van der Waals surface area contributed by atoms with Crippen molar-refractivity contribution >= 4 is 18.5 Å². The fraction of sp³-hybridized carbons (Fsp3) is 0.667. The van der Waals surface area contributed by atoms with Gasteiger partial charge in [-0.3, -0.25) is 4.79 Å². The number of carbonyl (C=O) groups is 1. The molecule has 1 aromatic heterocycles. The second-order valence-corrected chi connectivity index (χ2v) is 4.47. The van der Waals surface area contributed by atoms with Crippen molar-refractivity contribution in [2.24, 2.45) is 0 Å². The summed E-state index contributed by atoms with van der Waals surface area (Å²) in [6.45, 7) is 1.93. The molecule has 0 saturated heterocycles. The maximum atomic E-state index is 10.7. The van der Waals surface area contributed by atoms with Gasteiger partial charge in [0, 0.05) is 12.2 Å². The van der Waals surface area contributed by atoms with Gasteiger partial charge in [0.05, 0.1) is 18.8 Å². The first kappa shape index (κ1) is 10.5. The molecule has 0 spiro atoms. The zero-order valence-electron chi connectivity index (χ0n) is 8.55. The van der Waals surface area contributed by atoms with E-state index in [4.69, 9.17) is 0 Å². The highest BCUT2D eigenvalue weighted by Crippen LogP contribution is 2.35. The Kier molecular flexibility index (Phi) is 2.95. The molecule has 2 atom stereocenters. The van der Waals surface area contributed by atoms with Crippen molar-refractivity contribution in [3.05, 3.63) is 11.9 Å². The van der Waals surface area contributed by atoms with E-state index in [0.29, 0.717) is 17.8 Å². The fourth-order valence-electron chi connectivity index (χ4n) is 1.54. The lowest BCUT2D eigenvalue weighted by atomic mass is 9.92. The number of thiol groups is 1. The minimum atomic E-state index is -0.0553. The first-order valence-electron chi connectivity index (χ1n) is 5.00. The van der Waals surface area contributed by atoms with E-state index >= 15 is 0 Å². The molecule has 82 valence electrons. The molecule has 0 aliphatic heterocycles. The Hall–Kier alpha value is -1.04. The van der Waals surface area contributed by atoms with Crippen molar-refractivity contribution in [2.45, 2.75) is 37.6 Å². The summed E-state index contributed by atoms with van der Waals surface area (Å²) in [7, 11) is 0. The van der Waals surface area contributed by atoms with E-state index in [-0.39, 0.29) is 5.91 Å². The van der Waals surface area contributed by atoms with Crippen LogP contribution in [0.5, 0.6) is 0 Å². The molecular formula is C9H14N4OS. The predicted molar refractivity (Wildman–Crippen MR) is 58.6 cm³/mol. The highest BCUT2D eigenvalue weighted by atomic mass is 32.1. The molecule has 2 unspecified atom stereocenters. The van der Waals surface area contributed by atoms with Gasteiger partial charge in [-0.1, -0.05) is 5.21 Å². The molecule has 5 nitrogen and oxygen atoms in total. The lowest BCUT2D eigenvalue weighted by molar-refractivity contribution is -0.119. The van der Waals surface area contributed by atoms with E-state index in [0.717, 1.165) is 18.5 Å². The van der Waals surface area contributed by atoms with Gasteiger partial charge in [-0.25, -0.2) is 4.68 Å². The van der Waals surface area contributed by atoms with Gasteiger partial charge in [0.1, 0.15) is 5.69 Å². The van der Waals surface area contributed by atoms with Gasteiger partial charge < -0.3 is 5.32 Å². The van der Waals surface area contributed by atoms with Crippen molar-refractivity contribution in [1.82, 2.24) is 20.3 Å². The van der Waals surface area contributed by atoms with Gasteiger partial charge in [-0.2, -0.15) is 12.6 Å². The number of hydrogen-bond acceptors (Lipinski definition) is 4. The van der Waals surface area contributed by atoms with Gasteiger partial charge in [0.25, 0.3) is 0 Å². The molecule has 1 fully saturated rings. The van der Waals surface area contributed by atoms with Gasteiger partial charge in [-0.15, -0.1) is 5.10 Å². The number of rotatable bonds is 3. The van der Waals surface area contributed by atoms with Gasteiger partial charge in [0.15, 0.2) is 0 Å². The number of nitrogens with zero attached hydrogens (tertiary/aromatic N) is 3. The van der Waals surface area contributed by atoms with Crippen LogP contribution in [0.4, 0.5) is 0 Å². The summed E-state index contributed by atoms with van der Waals surface area (Å²) in [4.78, 5) is 10.7. The summed E-state index contributed by atoms with van der Waals surface area (Å²) in [6.07, 6.45) is 4.12. The fourth-order valence-corrected chi connectivity index (χ4v) is 1.98. The molecule has 1 amide bonds. The molecule has 1 aliphatic rings. The normalized spacial score (nSPS) is 24.7. The largest absolute Gasteiger partial charge is 0.351 e. The van der Waals surface area contributed by atoms with E-state index < -0.39 is 0 Å². The Labute approximate surface area is 93.6 Å². The second kappa shape index (κ2) is 4.22. The van der Waals surface area contributed by atoms with Gasteiger partial charge in [0.2, 0.25) is 5.91 Å². The summed E-state index contributed by atoms with van der Waals surface area (Å²) < 4.78 is 1.85. The zero-order valence-corrected chi connectivity index (χ0v) is 9.44. The first-order chi connectivity index (χ1) is 7.16. The molecule has 1 aliphatic carbocycles. The molecule has 2 rings (SSSR count). The minimum Gasteiger partial charge on any atom is -0.351 e. The van der Waals surface area contributed by atoms with E-state index in [1.54, 1.807) is 0 Å². The maximum Gasteiger partial charge on any atom is 0.217 e. The zero-order chi connectivity index (χ0) is 10.8. The third-order valence-electron chi connectivity index (χ3n) is 2.62. The van der Waals surface area contributed by atoms with Crippen LogP contribution in [0, 0.1) is 0 Å². The third-order valence-corrected chi connectivity index (χ3v) is 3.22. The Morgan fingerprint density at radius 1 is 1.73 bits per heavy atom. The number of nitrogens with one attached hydrogen (secondary N) is 1. The van der Waals surface area contributed by atoms with Crippen LogP contribution < -0.4 is 5.32 Å². The lowest BCUT2D eigenvalue weighted by Gasteiger charge is -2.32. The summed E-state index contributed by atoms with van der Waals surface area (Å²) in [5.74, 6) is -0.0553. The molecule has 15 heavy (non-hydrogen) atoms. The summed E-state index contributed by atoms with van der Waals surface area (Å²) >= 11 is 4.43. The molecule has 0 bridgehead atoms. The molecule has 1 N–H and O–H groups in total. The first-order valence-corrected chi connectivity index (χ1v) is 5.51. The quantitative estimate of drug-likeness (QED) is 0.740. The topological polar surface area (TPSA) is 59.8 Å². The van der Waals surface area contributed by atoms with E-state index in [9.17, 15) is 4.79 Å². The smallest absolute Gasteiger partial charge is 0.217 e. The maximum absolute atomic E-state index is 10.7.